The van der Waals surface area contributed by atoms with E-state index in [4.69, 9.17) is 13.6 Å². The summed E-state index contributed by atoms with van der Waals surface area (Å²) in [6.45, 7) is 2.10. The average molecular weight is 405 g/mol. The van der Waals surface area contributed by atoms with E-state index >= 15 is 0 Å². The van der Waals surface area contributed by atoms with Crippen molar-refractivity contribution in [3.05, 3.63) is 86.6 Å². The van der Waals surface area contributed by atoms with Gasteiger partial charge in [-0.1, -0.05) is 18.2 Å². The second kappa shape index (κ2) is 7.67. The van der Waals surface area contributed by atoms with Crippen LogP contribution in [-0.2, 0) is 0 Å². The third-order valence-electron chi connectivity index (χ3n) is 4.36. The maximum atomic E-state index is 12.5. The number of ether oxygens (including phenoxy) is 1. The van der Waals surface area contributed by atoms with Gasteiger partial charge < -0.3 is 18.9 Å². The standard InChI is InChI=1S/C22H15NO7/c1-2-23-19(24)15-9-13-7-8-14(11-18(13)30-20(15)25)28-21(26)16-10-12-5-3-4-6-17(12)29-22(16)27/h3-11H,2H2,1H3,(H,23,24). The number of esters is 1. The van der Waals surface area contributed by atoms with E-state index in [0.29, 0.717) is 22.9 Å². The summed E-state index contributed by atoms with van der Waals surface area (Å²) in [7, 11) is 0. The summed E-state index contributed by atoms with van der Waals surface area (Å²) in [4.78, 5) is 48.6. The molecule has 0 atom stereocenters. The van der Waals surface area contributed by atoms with Gasteiger partial charge in [0, 0.05) is 23.4 Å². The molecule has 0 unspecified atom stereocenters. The van der Waals surface area contributed by atoms with Crippen LogP contribution in [0.3, 0.4) is 0 Å². The molecule has 0 saturated carbocycles. The topological polar surface area (TPSA) is 116 Å². The first-order chi connectivity index (χ1) is 14.5. The molecule has 1 amide bonds. The highest BCUT2D eigenvalue weighted by molar-refractivity contribution is 5.97. The van der Waals surface area contributed by atoms with Gasteiger partial charge in [0.2, 0.25) is 0 Å². The van der Waals surface area contributed by atoms with E-state index in [1.54, 1.807) is 31.2 Å². The number of para-hydroxylation sites is 1. The first-order valence-corrected chi connectivity index (χ1v) is 9.07. The average Bonchev–Trinajstić information content (AvgIpc) is 2.72. The highest BCUT2D eigenvalue weighted by Gasteiger charge is 2.17. The number of amides is 1. The lowest BCUT2D eigenvalue weighted by atomic mass is 10.1. The molecule has 0 radical (unpaired) electrons. The molecule has 0 aliphatic carbocycles. The van der Waals surface area contributed by atoms with Gasteiger partial charge in [0.15, 0.2) is 0 Å². The molecule has 2 aromatic heterocycles. The van der Waals surface area contributed by atoms with Crippen molar-refractivity contribution in [3.63, 3.8) is 0 Å². The van der Waals surface area contributed by atoms with Crippen LogP contribution in [0.25, 0.3) is 21.9 Å². The minimum atomic E-state index is -0.907. The van der Waals surface area contributed by atoms with Crippen molar-refractivity contribution in [2.45, 2.75) is 6.92 Å². The van der Waals surface area contributed by atoms with Crippen molar-refractivity contribution in [2.75, 3.05) is 6.54 Å². The molecule has 1 N–H and O–H groups in total. The first-order valence-electron chi connectivity index (χ1n) is 9.07. The lowest BCUT2D eigenvalue weighted by molar-refractivity contribution is 0.0730. The van der Waals surface area contributed by atoms with Crippen molar-refractivity contribution in [1.82, 2.24) is 5.32 Å². The molecule has 4 aromatic rings. The highest BCUT2D eigenvalue weighted by Crippen LogP contribution is 2.22. The Morgan fingerprint density at radius 3 is 2.33 bits per heavy atom. The molecule has 0 aliphatic heterocycles. The van der Waals surface area contributed by atoms with Crippen LogP contribution < -0.4 is 21.3 Å². The van der Waals surface area contributed by atoms with E-state index in [2.05, 4.69) is 5.32 Å². The number of benzene rings is 2. The Kier molecular flexibility index (Phi) is 4.89. The fourth-order valence-corrected chi connectivity index (χ4v) is 2.94. The second-order valence-electron chi connectivity index (χ2n) is 6.38. The Labute approximate surface area is 168 Å². The number of fused-ring (bicyclic) bond motifs is 2. The zero-order chi connectivity index (χ0) is 21.3. The molecule has 4 rings (SSSR count). The smallest absolute Gasteiger partial charge is 0.351 e. The highest BCUT2D eigenvalue weighted by atomic mass is 16.5. The normalized spacial score (nSPS) is 10.8. The fraction of sp³-hybridized carbons (Fsp3) is 0.0909. The fourth-order valence-electron chi connectivity index (χ4n) is 2.94. The van der Waals surface area contributed by atoms with E-state index in [1.807, 2.05) is 0 Å². The minimum Gasteiger partial charge on any atom is -0.423 e. The van der Waals surface area contributed by atoms with Gasteiger partial charge in [0.25, 0.3) is 5.91 Å². The molecule has 30 heavy (non-hydrogen) atoms. The Bertz CT molecular complexity index is 1410. The Balaban J connectivity index is 1.65. The number of hydrogen-bond acceptors (Lipinski definition) is 7. The van der Waals surface area contributed by atoms with E-state index in [-0.39, 0.29) is 22.5 Å². The number of hydrogen-bond donors (Lipinski definition) is 1. The van der Waals surface area contributed by atoms with Gasteiger partial charge in [-0.05, 0) is 37.3 Å². The molecular weight excluding hydrogens is 390 g/mol. The van der Waals surface area contributed by atoms with Crippen LogP contribution in [0.15, 0.2) is 73.0 Å². The van der Waals surface area contributed by atoms with E-state index in [1.165, 1.54) is 30.3 Å². The molecule has 0 fully saturated rings. The molecule has 2 heterocycles. The van der Waals surface area contributed by atoms with Gasteiger partial charge in [-0.25, -0.2) is 14.4 Å². The van der Waals surface area contributed by atoms with Crippen LogP contribution in [-0.4, -0.2) is 18.4 Å². The molecule has 0 saturated heterocycles. The summed E-state index contributed by atoms with van der Waals surface area (Å²) in [6, 6.07) is 13.9. The van der Waals surface area contributed by atoms with Gasteiger partial charge in [0.05, 0.1) is 0 Å². The van der Waals surface area contributed by atoms with Crippen LogP contribution in [0.4, 0.5) is 0 Å². The van der Waals surface area contributed by atoms with Crippen LogP contribution >= 0.6 is 0 Å². The monoisotopic (exact) mass is 405 g/mol. The quantitative estimate of drug-likeness (QED) is 0.315. The van der Waals surface area contributed by atoms with Crippen LogP contribution in [0.1, 0.15) is 27.6 Å². The molecule has 0 spiro atoms. The first kappa shape index (κ1) is 19.1. The summed E-state index contributed by atoms with van der Waals surface area (Å²) >= 11 is 0. The maximum Gasteiger partial charge on any atom is 0.351 e. The second-order valence-corrected chi connectivity index (χ2v) is 6.38. The third kappa shape index (κ3) is 3.58. The number of nitrogens with one attached hydrogen (secondary N) is 1. The molecule has 8 heteroatoms. The molecule has 0 bridgehead atoms. The number of carbonyl (C=O) groups excluding carboxylic acids is 2. The van der Waals surface area contributed by atoms with Crippen molar-refractivity contribution >= 4 is 33.8 Å². The largest absolute Gasteiger partial charge is 0.423 e. The zero-order valence-corrected chi connectivity index (χ0v) is 15.8. The lowest BCUT2D eigenvalue weighted by Crippen LogP contribution is -2.27. The predicted octanol–water partition coefficient (Wildman–Crippen LogP) is 2.87. The molecular formula is C22H15NO7. The van der Waals surface area contributed by atoms with Gasteiger partial charge >= 0.3 is 17.2 Å². The predicted molar refractivity (Wildman–Crippen MR) is 108 cm³/mol. The maximum absolute atomic E-state index is 12.5. The van der Waals surface area contributed by atoms with Gasteiger partial charge in [-0.3, -0.25) is 4.79 Å². The van der Waals surface area contributed by atoms with Crippen molar-refractivity contribution in [3.8, 4) is 5.75 Å². The van der Waals surface area contributed by atoms with Crippen LogP contribution in [0.5, 0.6) is 5.75 Å². The van der Waals surface area contributed by atoms with Crippen molar-refractivity contribution in [2.24, 2.45) is 0 Å². The Hall–Kier alpha value is -4.20. The molecule has 0 aliphatic rings. The number of rotatable bonds is 4. The van der Waals surface area contributed by atoms with E-state index in [0.717, 1.165) is 0 Å². The summed E-state index contributed by atoms with van der Waals surface area (Å²) in [5, 5.41) is 3.58. The molecule has 8 nitrogen and oxygen atoms in total. The van der Waals surface area contributed by atoms with Crippen molar-refractivity contribution in [1.29, 1.82) is 0 Å². The van der Waals surface area contributed by atoms with E-state index in [9.17, 15) is 19.2 Å². The summed E-state index contributed by atoms with van der Waals surface area (Å²) in [6.07, 6.45) is 0. The number of carbonyl (C=O) groups is 2. The van der Waals surface area contributed by atoms with Gasteiger partial charge in [0.1, 0.15) is 28.0 Å². The lowest BCUT2D eigenvalue weighted by Gasteiger charge is -2.06. The van der Waals surface area contributed by atoms with Gasteiger partial charge in [-0.2, -0.15) is 0 Å². The zero-order valence-electron chi connectivity index (χ0n) is 15.8. The molecule has 2 aromatic carbocycles. The van der Waals surface area contributed by atoms with E-state index < -0.39 is 23.1 Å². The summed E-state index contributed by atoms with van der Waals surface area (Å²) < 4.78 is 15.6. The summed E-state index contributed by atoms with van der Waals surface area (Å²) in [5.41, 5.74) is -1.53. The minimum absolute atomic E-state index is 0.0639. The Morgan fingerprint density at radius 1 is 0.867 bits per heavy atom. The van der Waals surface area contributed by atoms with Crippen LogP contribution in [0.2, 0.25) is 0 Å². The SMILES string of the molecule is CCNC(=O)c1cc2ccc(OC(=O)c3cc4ccccc4oc3=O)cc2oc1=O. The summed E-state index contributed by atoms with van der Waals surface area (Å²) in [5.74, 6) is -1.38. The third-order valence-corrected chi connectivity index (χ3v) is 4.36. The Morgan fingerprint density at radius 2 is 1.53 bits per heavy atom. The van der Waals surface area contributed by atoms with Crippen molar-refractivity contribution < 1.29 is 23.2 Å². The van der Waals surface area contributed by atoms with Crippen LogP contribution in [0, 0.1) is 0 Å². The van der Waals surface area contributed by atoms with Gasteiger partial charge in [-0.15, -0.1) is 0 Å². The molecule has 150 valence electrons.